The van der Waals surface area contributed by atoms with Crippen LogP contribution in [0.15, 0.2) is 34.1 Å². The molecule has 1 fully saturated rings. The Morgan fingerprint density at radius 1 is 1.04 bits per heavy atom. The van der Waals surface area contributed by atoms with Crippen LogP contribution in [0.1, 0.15) is 33.6 Å². The number of nitrogens with zero attached hydrogens (tertiary/aromatic N) is 2. The number of carbonyl (C=O) groups excluding carboxylic acids is 1. The minimum absolute atomic E-state index is 0.0612. The van der Waals surface area contributed by atoms with E-state index in [1.54, 1.807) is 20.8 Å². The molecule has 27 heavy (non-hydrogen) atoms. The van der Waals surface area contributed by atoms with E-state index < -0.39 is 31.5 Å². The molecule has 0 atom stereocenters. The summed E-state index contributed by atoms with van der Waals surface area (Å²) in [5, 5.41) is 2.70. The summed E-state index contributed by atoms with van der Waals surface area (Å²) in [7, 11) is -6.19. The monoisotopic (exact) mass is 417 g/mol. The molecule has 1 aliphatic rings. The minimum atomic E-state index is -3.91. The molecule has 0 aromatic heterocycles. The molecule has 152 valence electrons. The quantitative estimate of drug-likeness (QED) is 0.744. The van der Waals surface area contributed by atoms with E-state index in [1.165, 1.54) is 35.6 Å². The molecule has 0 aliphatic carbocycles. The lowest BCUT2D eigenvalue weighted by Crippen LogP contribution is -2.46. The first-order valence-corrected chi connectivity index (χ1v) is 11.6. The molecule has 1 N–H and O–H groups in total. The molecule has 0 bridgehead atoms. The lowest BCUT2D eigenvalue weighted by Gasteiger charge is -2.23. The van der Waals surface area contributed by atoms with E-state index in [9.17, 15) is 21.6 Å². The predicted molar refractivity (Wildman–Crippen MR) is 102 cm³/mol. The average molecular weight is 418 g/mol. The van der Waals surface area contributed by atoms with Gasteiger partial charge in [-0.15, -0.1) is 0 Å². The second-order valence-corrected chi connectivity index (χ2v) is 11.6. The number of hydrogen-bond donors (Lipinski definition) is 1. The van der Waals surface area contributed by atoms with Crippen LogP contribution < -0.4 is 5.32 Å². The number of amides is 1. The lowest BCUT2D eigenvalue weighted by molar-refractivity contribution is -0.122. The first-order chi connectivity index (χ1) is 12.3. The van der Waals surface area contributed by atoms with Gasteiger partial charge in [-0.05, 0) is 57.9 Å². The Labute approximate surface area is 161 Å². The van der Waals surface area contributed by atoms with Crippen LogP contribution in [0, 0.1) is 0 Å². The molecule has 1 aromatic rings. The normalized spacial score (nSPS) is 16.6. The molecule has 1 amide bonds. The maximum atomic E-state index is 12.6. The summed E-state index contributed by atoms with van der Waals surface area (Å²) in [5.41, 5.74) is -0.465. The van der Waals surface area contributed by atoms with E-state index in [0.717, 1.165) is 17.1 Å². The number of rotatable bonds is 6. The molecule has 0 spiro atoms. The van der Waals surface area contributed by atoms with Crippen molar-refractivity contribution in [2.24, 2.45) is 0 Å². The molecule has 8 nitrogen and oxygen atoms in total. The predicted octanol–water partition coefficient (Wildman–Crippen LogP) is 1.01. The first kappa shape index (κ1) is 21.8. The lowest BCUT2D eigenvalue weighted by atomic mass is 10.1. The van der Waals surface area contributed by atoms with Gasteiger partial charge in [0, 0.05) is 25.7 Å². The van der Waals surface area contributed by atoms with E-state index in [2.05, 4.69) is 5.32 Å². The Morgan fingerprint density at radius 3 is 2.00 bits per heavy atom. The molecule has 1 aliphatic heterocycles. The van der Waals surface area contributed by atoms with Crippen LogP contribution in [-0.4, -0.2) is 63.6 Å². The summed E-state index contributed by atoms with van der Waals surface area (Å²) in [6, 6.07) is 5.11. The Hall–Kier alpha value is -1.49. The van der Waals surface area contributed by atoms with Gasteiger partial charge >= 0.3 is 0 Å². The van der Waals surface area contributed by atoms with E-state index in [0.29, 0.717) is 13.1 Å². The Bertz CT molecular complexity index is 881. The van der Waals surface area contributed by atoms with Crippen molar-refractivity contribution in [2.45, 2.75) is 48.9 Å². The Balaban J connectivity index is 2.16. The van der Waals surface area contributed by atoms with Crippen molar-refractivity contribution in [2.75, 3.05) is 26.7 Å². The van der Waals surface area contributed by atoms with Gasteiger partial charge in [0.1, 0.15) is 0 Å². The third kappa shape index (κ3) is 5.28. The highest BCUT2D eigenvalue weighted by atomic mass is 32.2. The van der Waals surface area contributed by atoms with Crippen molar-refractivity contribution in [3.8, 4) is 0 Å². The molecular weight excluding hydrogens is 390 g/mol. The molecular formula is C17H27N3O5S2. The fourth-order valence-corrected chi connectivity index (χ4v) is 5.43. The Kier molecular flexibility index (Phi) is 6.35. The van der Waals surface area contributed by atoms with Crippen LogP contribution in [-0.2, 0) is 24.8 Å². The van der Waals surface area contributed by atoms with Crippen molar-refractivity contribution in [3.05, 3.63) is 24.3 Å². The molecule has 0 saturated carbocycles. The zero-order valence-electron chi connectivity index (χ0n) is 16.1. The SMILES string of the molecule is CN(CC(=O)NC(C)(C)C)S(=O)(=O)c1ccc(S(=O)(=O)N2CCCC2)cc1. The van der Waals surface area contributed by atoms with E-state index in [4.69, 9.17) is 0 Å². The van der Waals surface area contributed by atoms with Crippen LogP contribution in [0.3, 0.4) is 0 Å². The molecule has 1 saturated heterocycles. The maximum absolute atomic E-state index is 12.6. The van der Waals surface area contributed by atoms with Gasteiger partial charge in [-0.1, -0.05) is 0 Å². The number of benzene rings is 1. The first-order valence-electron chi connectivity index (χ1n) is 8.72. The van der Waals surface area contributed by atoms with Gasteiger partial charge in [0.2, 0.25) is 26.0 Å². The average Bonchev–Trinajstić information content (AvgIpc) is 3.08. The van der Waals surface area contributed by atoms with Crippen molar-refractivity contribution in [1.82, 2.24) is 13.9 Å². The third-order valence-corrected chi connectivity index (χ3v) is 7.85. The van der Waals surface area contributed by atoms with E-state index in [1.807, 2.05) is 0 Å². The highest BCUT2D eigenvalue weighted by Gasteiger charge is 2.29. The summed E-state index contributed by atoms with van der Waals surface area (Å²) in [6.07, 6.45) is 1.65. The van der Waals surface area contributed by atoms with Gasteiger partial charge in [-0.3, -0.25) is 4.79 Å². The van der Waals surface area contributed by atoms with Crippen molar-refractivity contribution < 1.29 is 21.6 Å². The topological polar surface area (TPSA) is 104 Å². The van der Waals surface area contributed by atoms with Crippen LogP contribution >= 0.6 is 0 Å². The zero-order chi connectivity index (χ0) is 20.5. The standard InChI is InChI=1S/C17H27N3O5S2/c1-17(2,3)18-16(21)13-19(4)26(22,23)14-7-9-15(10-8-14)27(24,25)20-11-5-6-12-20/h7-10H,5-6,11-13H2,1-4H3,(H,18,21). The molecule has 2 rings (SSSR count). The summed E-state index contributed by atoms with van der Waals surface area (Å²) in [5.74, 6) is -0.415. The number of likely N-dealkylation sites (N-methyl/N-ethyl adjacent to an activating group) is 1. The third-order valence-electron chi connectivity index (χ3n) is 4.12. The fourth-order valence-electron chi connectivity index (χ4n) is 2.79. The summed E-state index contributed by atoms with van der Waals surface area (Å²) in [6.45, 7) is 6.05. The summed E-state index contributed by atoms with van der Waals surface area (Å²) in [4.78, 5) is 12.0. The number of carbonyl (C=O) groups is 1. The molecule has 1 heterocycles. The smallest absolute Gasteiger partial charge is 0.243 e. The van der Waals surface area contributed by atoms with Crippen LogP contribution in [0.2, 0.25) is 0 Å². The van der Waals surface area contributed by atoms with E-state index in [-0.39, 0.29) is 16.3 Å². The van der Waals surface area contributed by atoms with Gasteiger partial charge < -0.3 is 5.32 Å². The molecule has 0 radical (unpaired) electrons. The largest absolute Gasteiger partial charge is 0.350 e. The molecule has 1 aromatic carbocycles. The number of nitrogens with one attached hydrogen (secondary N) is 1. The minimum Gasteiger partial charge on any atom is -0.350 e. The van der Waals surface area contributed by atoms with Gasteiger partial charge in [0.05, 0.1) is 16.3 Å². The van der Waals surface area contributed by atoms with Crippen LogP contribution in [0.4, 0.5) is 0 Å². The maximum Gasteiger partial charge on any atom is 0.243 e. The molecule has 10 heteroatoms. The van der Waals surface area contributed by atoms with Gasteiger partial charge in [0.15, 0.2) is 0 Å². The Morgan fingerprint density at radius 2 is 1.52 bits per heavy atom. The van der Waals surface area contributed by atoms with E-state index >= 15 is 0 Å². The highest BCUT2D eigenvalue weighted by molar-refractivity contribution is 7.89. The number of sulfonamides is 2. The van der Waals surface area contributed by atoms with Gasteiger partial charge in [-0.2, -0.15) is 8.61 Å². The zero-order valence-corrected chi connectivity index (χ0v) is 17.7. The van der Waals surface area contributed by atoms with Crippen LogP contribution in [0.25, 0.3) is 0 Å². The van der Waals surface area contributed by atoms with Crippen molar-refractivity contribution >= 4 is 26.0 Å². The van der Waals surface area contributed by atoms with Gasteiger partial charge in [-0.25, -0.2) is 16.8 Å². The molecule has 0 unspecified atom stereocenters. The second-order valence-electron chi connectivity index (χ2n) is 7.64. The van der Waals surface area contributed by atoms with Crippen molar-refractivity contribution in [3.63, 3.8) is 0 Å². The second kappa shape index (κ2) is 7.86. The number of hydrogen-bond acceptors (Lipinski definition) is 5. The fraction of sp³-hybridized carbons (Fsp3) is 0.588. The summed E-state index contributed by atoms with van der Waals surface area (Å²) < 4.78 is 52.7. The highest BCUT2D eigenvalue weighted by Crippen LogP contribution is 2.23. The van der Waals surface area contributed by atoms with Crippen molar-refractivity contribution in [1.29, 1.82) is 0 Å². The van der Waals surface area contributed by atoms with Gasteiger partial charge in [0.25, 0.3) is 0 Å². The van der Waals surface area contributed by atoms with Crippen LogP contribution in [0.5, 0.6) is 0 Å². The summed E-state index contributed by atoms with van der Waals surface area (Å²) >= 11 is 0.